The first kappa shape index (κ1) is 17.1. The van der Waals surface area contributed by atoms with Crippen LogP contribution in [0.2, 0.25) is 0 Å². The fraction of sp³-hybridized carbons (Fsp3) is 0.222. The molecule has 2 amide bonds. The van der Waals surface area contributed by atoms with E-state index in [1.807, 2.05) is 43.5 Å². The first-order valence-electron chi connectivity index (χ1n) is 7.29. The van der Waals surface area contributed by atoms with Crippen molar-refractivity contribution < 1.29 is 9.59 Å². The molecule has 0 radical (unpaired) electrons. The van der Waals surface area contributed by atoms with Gasteiger partial charge in [-0.25, -0.2) is 0 Å². The van der Waals surface area contributed by atoms with Crippen LogP contribution in [0.4, 0.5) is 0 Å². The molecule has 0 spiro atoms. The average molecular weight is 328 g/mol. The molecule has 0 bridgehead atoms. The molecule has 23 heavy (non-hydrogen) atoms. The summed E-state index contributed by atoms with van der Waals surface area (Å²) in [5, 5.41) is 5.50. The van der Waals surface area contributed by atoms with Crippen LogP contribution in [-0.2, 0) is 6.54 Å². The molecular formula is C18H20N2O2S. The lowest BCUT2D eigenvalue weighted by Crippen LogP contribution is -2.23. The molecule has 5 heteroatoms. The van der Waals surface area contributed by atoms with Gasteiger partial charge in [0.1, 0.15) is 0 Å². The second-order valence-electron chi connectivity index (χ2n) is 5.14. The maximum absolute atomic E-state index is 12.3. The average Bonchev–Trinajstić information content (AvgIpc) is 2.59. The molecule has 0 heterocycles. The largest absolute Gasteiger partial charge is 0.355 e. The van der Waals surface area contributed by atoms with Crippen molar-refractivity contribution in [2.75, 3.05) is 13.3 Å². The molecule has 2 N–H and O–H groups in total. The molecule has 0 aliphatic heterocycles. The predicted molar refractivity (Wildman–Crippen MR) is 94.0 cm³/mol. The van der Waals surface area contributed by atoms with Crippen molar-refractivity contribution >= 4 is 23.6 Å². The Kier molecular flexibility index (Phi) is 5.82. The standard InChI is InChI=1S/C18H20N2O2S/c1-12-4-9-15(23-3)10-16(12)18(22)20-11-13-5-7-14(8-6-13)17(21)19-2/h4-10H,11H2,1-3H3,(H,19,21)(H,20,22). The van der Waals surface area contributed by atoms with Crippen molar-refractivity contribution in [3.63, 3.8) is 0 Å². The van der Waals surface area contributed by atoms with E-state index < -0.39 is 0 Å². The van der Waals surface area contributed by atoms with Gasteiger partial charge in [0.15, 0.2) is 0 Å². The Hall–Kier alpha value is -2.27. The van der Waals surface area contributed by atoms with E-state index in [4.69, 9.17) is 0 Å². The molecule has 0 aliphatic rings. The highest BCUT2D eigenvalue weighted by molar-refractivity contribution is 7.98. The SMILES string of the molecule is CNC(=O)c1ccc(CNC(=O)c2cc(SC)ccc2C)cc1. The minimum Gasteiger partial charge on any atom is -0.355 e. The van der Waals surface area contributed by atoms with Crippen LogP contribution < -0.4 is 10.6 Å². The predicted octanol–water partition coefficient (Wildman–Crippen LogP) is 3.01. The van der Waals surface area contributed by atoms with Gasteiger partial charge in [-0.2, -0.15) is 0 Å². The molecule has 4 nitrogen and oxygen atoms in total. The summed E-state index contributed by atoms with van der Waals surface area (Å²) in [6.07, 6.45) is 1.99. The van der Waals surface area contributed by atoms with Crippen molar-refractivity contribution in [2.24, 2.45) is 0 Å². The van der Waals surface area contributed by atoms with Crippen LogP contribution in [0.1, 0.15) is 31.8 Å². The number of aryl methyl sites for hydroxylation is 1. The van der Waals surface area contributed by atoms with Gasteiger partial charge in [-0.1, -0.05) is 18.2 Å². The van der Waals surface area contributed by atoms with Gasteiger partial charge in [0.05, 0.1) is 0 Å². The highest BCUT2D eigenvalue weighted by atomic mass is 32.2. The van der Waals surface area contributed by atoms with E-state index in [-0.39, 0.29) is 11.8 Å². The minimum absolute atomic E-state index is 0.0891. The fourth-order valence-corrected chi connectivity index (χ4v) is 2.61. The van der Waals surface area contributed by atoms with Gasteiger partial charge >= 0.3 is 0 Å². The Bertz CT molecular complexity index is 711. The summed E-state index contributed by atoms with van der Waals surface area (Å²) in [6.45, 7) is 2.35. The van der Waals surface area contributed by atoms with Gasteiger partial charge in [0.2, 0.25) is 0 Å². The van der Waals surface area contributed by atoms with E-state index in [1.165, 1.54) is 0 Å². The van der Waals surface area contributed by atoms with Crippen molar-refractivity contribution in [1.29, 1.82) is 0 Å². The lowest BCUT2D eigenvalue weighted by molar-refractivity contribution is 0.0945. The summed E-state index contributed by atoms with van der Waals surface area (Å²) >= 11 is 1.61. The molecule has 120 valence electrons. The van der Waals surface area contributed by atoms with Crippen LogP contribution in [0, 0.1) is 6.92 Å². The van der Waals surface area contributed by atoms with E-state index in [1.54, 1.807) is 30.9 Å². The summed E-state index contributed by atoms with van der Waals surface area (Å²) in [6, 6.07) is 13.1. The summed E-state index contributed by atoms with van der Waals surface area (Å²) < 4.78 is 0. The molecule has 2 rings (SSSR count). The highest BCUT2D eigenvalue weighted by Gasteiger charge is 2.10. The number of benzene rings is 2. The smallest absolute Gasteiger partial charge is 0.251 e. The van der Waals surface area contributed by atoms with Crippen molar-refractivity contribution in [3.05, 3.63) is 64.7 Å². The van der Waals surface area contributed by atoms with Crippen LogP contribution in [0.25, 0.3) is 0 Å². The maximum Gasteiger partial charge on any atom is 0.251 e. The monoisotopic (exact) mass is 328 g/mol. The summed E-state index contributed by atoms with van der Waals surface area (Å²) in [7, 11) is 1.60. The third kappa shape index (κ3) is 4.36. The Labute approximate surface area is 140 Å². The second-order valence-corrected chi connectivity index (χ2v) is 6.02. The molecule has 0 saturated carbocycles. The number of hydrogen-bond donors (Lipinski definition) is 2. The number of carbonyl (C=O) groups excluding carboxylic acids is 2. The first-order chi connectivity index (χ1) is 11.0. The van der Waals surface area contributed by atoms with E-state index >= 15 is 0 Å². The number of thioether (sulfide) groups is 1. The molecule has 0 unspecified atom stereocenters. The number of rotatable bonds is 5. The second kappa shape index (κ2) is 7.83. The summed E-state index contributed by atoms with van der Waals surface area (Å²) in [4.78, 5) is 24.9. The summed E-state index contributed by atoms with van der Waals surface area (Å²) in [5.74, 6) is -0.209. The fourth-order valence-electron chi connectivity index (χ4n) is 2.17. The zero-order valence-corrected chi connectivity index (χ0v) is 14.3. The molecule has 2 aromatic carbocycles. The van der Waals surface area contributed by atoms with E-state index in [2.05, 4.69) is 10.6 Å². The quantitative estimate of drug-likeness (QED) is 0.830. The third-order valence-electron chi connectivity index (χ3n) is 3.59. The Morgan fingerprint density at radius 1 is 1.04 bits per heavy atom. The van der Waals surface area contributed by atoms with Gasteiger partial charge in [0, 0.05) is 29.6 Å². The maximum atomic E-state index is 12.3. The molecule has 0 atom stereocenters. The molecule has 2 aromatic rings. The van der Waals surface area contributed by atoms with Crippen LogP contribution >= 0.6 is 11.8 Å². The van der Waals surface area contributed by atoms with E-state index in [0.29, 0.717) is 17.7 Å². The molecule has 0 aromatic heterocycles. The van der Waals surface area contributed by atoms with Crippen LogP contribution in [-0.4, -0.2) is 25.1 Å². The number of hydrogen-bond acceptors (Lipinski definition) is 3. The van der Waals surface area contributed by atoms with Crippen molar-refractivity contribution in [2.45, 2.75) is 18.4 Å². The van der Waals surface area contributed by atoms with Crippen LogP contribution in [0.15, 0.2) is 47.4 Å². The number of amides is 2. The Morgan fingerprint density at radius 3 is 2.35 bits per heavy atom. The summed E-state index contributed by atoms with van der Waals surface area (Å²) in [5.41, 5.74) is 3.20. The lowest BCUT2D eigenvalue weighted by Gasteiger charge is -2.09. The van der Waals surface area contributed by atoms with Crippen molar-refractivity contribution in [3.8, 4) is 0 Å². The molecule has 0 aliphatic carbocycles. The van der Waals surface area contributed by atoms with E-state index in [0.717, 1.165) is 16.0 Å². The molecule has 0 fully saturated rings. The van der Waals surface area contributed by atoms with Crippen molar-refractivity contribution in [1.82, 2.24) is 10.6 Å². The topological polar surface area (TPSA) is 58.2 Å². The Morgan fingerprint density at radius 2 is 1.74 bits per heavy atom. The zero-order chi connectivity index (χ0) is 16.8. The van der Waals surface area contributed by atoms with Gasteiger partial charge < -0.3 is 10.6 Å². The molecular weight excluding hydrogens is 308 g/mol. The number of nitrogens with one attached hydrogen (secondary N) is 2. The van der Waals surface area contributed by atoms with Gasteiger partial charge in [-0.3, -0.25) is 9.59 Å². The van der Waals surface area contributed by atoms with Crippen LogP contribution in [0.5, 0.6) is 0 Å². The van der Waals surface area contributed by atoms with Gasteiger partial charge in [0.25, 0.3) is 11.8 Å². The van der Waals surface area contributed by atoms with Gasteiger partial charge in [-0.15, -0.1) is 11.8 Å². The third-order valence-corrected chi connectivity index (χ3v) is 4.31. The minimum atomic E-state index is -0.120. The van der Waals surface area contributed by atoms with Gasteiger partial charge in [-0.05, 0) is 48.6 Å². The normalized spacial score (nSPS) is 10.2. The van der Waals surface area contributed by atoms with Crippen LogP contribution in [0.3, 0.4) is 0 Å². The van der Waals surface area contributed by atoms with E-state index in [9.17, 15) is 9.59 Å². The number of carbonyl (C=O) groups is 2. The highest BCUT2D eigenvalue weighted by Crippen LogP contribution is 2.19. The molecule has 0 saturated heterocycles. The lowest BCUT2D eigenvalue weighted by atomic mass is 10.1. The zero-order valence-electron chi connectivity index (χ0n) is 13.5. The Balaban J connectivity index is 2.03. The first-order valence-corrected chi connectivity index (χ1v) is 8.51.